The summed E-state index contributed by atoms with van der Waals surface area (Å²) in [5.41, 5.74) is 2.15. The molecular weight excluding hydrogens is 200 g/mol. The summed E-state index contributed by atoms with van der Waals surface area (Å²) in [4.78, 5) is 3.99. The first kappa shape index (κ1) is 10.4. The molecule has 16 heavy (non-hydrogen) atoms. The summed E-state index contributed by atoms with van der Waals surface area (Å²) >= 11 is 0. The molecule has 0 aliphatic heterocycles. The topological polar surface area (TPSA) is 54.5 Å². The zero-order valence-electron chi connectivity index (χ0n) is 9.04. The number of pyridine rings is 1. The Morgan fingerprint density at radius 1 is 1.38 bits per heavy atom. The maximum Gasteiger partial charge on any atom is 0.128 e. The fourth-order valence-corrected chi connectivity index (χ4v) is 1.59. The highest BCUT2D eigenvalue weighted by Gasteiger charge is 2.10. The lowest BCUT2D eigenvalue weighted by Crippen LogP contribution is -2.01. The molecule has 0 spiro atoms. The third kappa shape index (κ3) is 2.09. The molecule has 0 radical (unpaired) electrons. The second kappa shape index (κ2) is 4.58. The molecule has 4 heteroatoms. The molecule has 2 heterocycles. The van der Waals surface area contributed by atoms with Crippen LogP contribution < -0.4 is 0 Å². The van der Waals surface area contributed by atoms with Crippen molar-refractivity contribution in [3.63, 3.8) is 0 Å². The normalized spacial score (nSPS) is 12.0. The van der Waals surface area contributed by atoms with Gasteiger partial charge in [0.05, 0.1) is 11.8 Å². The molecule has 0 amide bonds. The minimum atomic E-state index is 0.225. The summed E-state index contributed by atoms with van der Waals surface area (Å²) in [5.74, 6) is 0.225. The lowest BCUT2D eigenvalue weighted by atomic mass is 9.99. The van der Waals surface area contributed by atoms with Crippen LogP contribution in [0.4, 0.5) is 0 Å². The van der Waals surface area contributed by atoms with E-state index in [0.29, 0.717) is 6.54 Å². The van der Waals surface area contributed by atoms with Crippen molar-refractivity contribution in [2.75, 3.05) is 0 Å². The summed E-state index contributed by atoms with van der Waals surface area (Å²) in [6, 6.07) is 7.97. The molecule has 1 atom stereocenters. The van der Waals surface area contributed by atoms with Gasteiger partial charge in [0.25, 0.3) is 0 Å². The SMILES string of the molecule is C[C@H](c1ccncc1)c1ccn(CC#N)n1. The van der Waals surface area contributed by atoms with Crippen LogP contribution in [0, 0.1) is 11.3 Å². The standard InChI is InChI=1S/C12H12N4/c1-10(11-2-6-14-7-3-11)12-4-8-16(15-12)9-5-13/h2-4,6-8,10H,9H2,1H3/t10-/m1/s1. The number of nitriles is 1. The van der Waals surface area contributed by atoms with Gasteiger partial charge in [-0.25, -0.2) is 0 Å². The molecule has 2 aromatic heterocycles. The minimum absolute atomic E-state index is 0.225. The van der Waals surface area contributed by atoms with E-state index in [9.17, 15) is 0 Å². The smallest absolute Gasteiger partial charge is 0.128 e. The van der Waals surface area contributed by atoms with Crippen LogP contribution in [0.25, 0.3) is 0 Å². The highest BCUT2D eigenvalue weighted by Crippen LogP contribution is 2.21. The van der Waals surface area contributed by atoms with Crippen molar-refractivity contribution in [1.82, 2.24) is 14.8 Å². The highest BCUT2D eigenvalue weighted by atomic mass is 15.3. The number of hydrogen-bond acceptors (Lipinski definition) is 3. The van der Waals surface area contributed by atoms with Crippen LogP contribution >= 0.6 is 0 Å². The van der Waals surface area contributed by atoms with Gasteiger partial charge in [0.2, 0.25) is 0 Å². The van der Waals surface area contributed by atoms with Crippen molar-refractivity contribution in [1.29, 1.82) is 5.26 Å². The summed E-state index contributed by atoms with van der Waals surface area (Å²) in [7, 11) is 0. The second-order valence-corrected chi connectivity index (χ2v) is 3.60. The Labute approximate surface area is 94.2 Å². The Morgan fingerprint density at radius 2 is 2.12 bits per heavy atom. The molecule has 0 aliphatic carbocycles. The van der Waals surface area contributed by atoms with E-state index in [1.165, 1.54) is 5.56 Å². The van der Waals surface area contributed by atoms with E-state index in [1.54, 1.807) is 17.1 Å². The summed E-state index contributed by atoms with van der Waals surface area (Å²) in [6.45, 7) is 2.39. The molecule has 0 saturated heterocycles. The van der Waals surface area contributed by atoms with Gasteiger partial charge >= 0.3 is 0 Å². The van der Waals surface area contributed by atoms with Gasteiger partial charge in [-0.2, -0.15) is 10.4 Å². The number of nitrogens with zero attached hydrogens (tertiary/aromatic N) is 4. The summed E-state index contributed by atoms with van der Waals surface area (Å²) in [5, 5.41) is 12.9. The molecular formula is C12H12N4. The molecule has 0 saturated carbocycles. The molecule has 0 fully saturated rings. The van der Waals surface area contributed by atoms with Crippen LogP contribution in [-0.2, 0) is 6.54 Å². The molecule has 0 aromatic carbocycles. The van der Waals surface area contributed by atoms with E-state index in [2.05, 4.69) is 23.1 Å². The van der Waals surface area contributed by atoms with E-state index in [4.69, 9.17) is 5.26 Å². The Balaban J connectivity index is 2.21. The molecule has 0 unspecified atom stereocenters. The van der Waals surface area contributed by atoms with Gasteiger partial charge in [-0.3, -0.25) is 9.67 Å². The molecule has 2 aromatic rings. The van der Waals surface area contributed by atoms with E-state index < -0.39 is 0 Å². The van der Waals surface area contributed by atoms with Gasteiger partial charge in [0.15, 0.2) is 0 Å². The van der Waals surface area contributed by atoms with Gasteiger partial charge in [-0.05, 0) is 23.8 Å². The number of rotatable bonds is 3. The Bertz CT molecular complexity index is 495. The molecule has 2 rings (SSSR count). The summed E-state index contributed by atoms with van der Waals surface area (Å²) in [6.07, 6.45) is 5.38. The second-order valence-electron chi connectivity index (χ2n) is 3.60. The van der Waals surface area contributed by atoms with Gasteiger partial charge in [0, 0.05) is 24.5 Å². The van der Waals surface area contributed by atoms with Crippen molar-refractivity contribution in [2.24, 2.45) is 0 Å². The summed E-state index contributed by atoms with van der Waals surface area (Å²) < 4.78 is 1.65. The van der Waals surface area contributed by atoms with Crippen LogP contribution in [0.5, 0.6) is 0 Å². The fraction of sp³-hybridized carbons (Fsp3) is 0.250. The maximum absolute atomic E-state index is 8.57. The number of hydrogen-bond donors (Lipinski definition) is 0. The largest absolute Gasteiger partial charge is 0.265 e. The van der Waals surface area contributed by atoms with Gasteiger partial charge in [-0.1, -0.05) is 6.92 Å². The fourth-order valence-electron chi connectivity index (χ4n) is 1.59. The van der Waals surface area contributed by atoms with Crippen molar-refractivity contribution in [2.45, 2.75) is 19.4 Å². The quantitative estimate of drug-likeness (QED) is 0.781. The van der Waals surface area contributed by atoms with Gasteiger partial charge < -0.3 is 0 Å². The molecule has 80 valence electrons. The Morgan fingerprint density at radius 3 is 2.81 bits per heavy atom. The Hall–Kier alpha value is -2.15. The highest BCUT2D eigenvalue weighted by molar-refractivity contribution is 5.24. The molecule has 0 N–H and O–H groups in total. The molecule has 4 nitrogen and oxygen atoms in total. The number of aromatic nitrogens is 3. The van der Waals surface area contributed by atoms with Crippen molar-refractivity contribution >= 4 is 0 Å². The lowest BCUT2D eigenvalue weighted by Gasteiger charge is -2.07. The minimum Gasteiger partial charge on any atom is -0.265 e. The van der Waals surface area contributed by atoms with E-state index in [0.717, 1.165) is 5.69 Å². The monoisotopic (exact) mass is 212 g/mol. The predicted molar refractivity (Wildman–Crippen MR) is 59.6 cm³/mol. The zero-order valence-corrected chi connectivity index (χ0v) is 9.04. The van der Waals surface area contributed by atoms with Crippen molar-refractivity contribution in [3.05, 3.63) is 48.0 Å². The van der Waals surface area contributed by atoms with Crippen LogP contribution in [0.2, 0.25) is 0 Å². The first-order chi connectivity index (χ1) is 7.81. The first-order valence-corrected chi connectivity index (χ1v) is 5.11. The van der Waals surface area contributed by atoms with Crippen molar-refractivity contribution in [3.8, 4) is 6.07 Å². The van der Waals surface area contributed by atoms with Crippen LogP contribution in [0.15, 0.2) is 36.8 Å². The van der Waals surface area contributed by atoms with Crippen LogP contribution in [0.1, 0.15) is 24.1 Å². The molecule has 0 aliphatic rings. The van der Waals surface area contributed by atoms with E-state index >= 15 is 0 Å². The van der Waals surface area contributed by atoms with E-state index in [-0.39, 0.29) is 5.92 Å². The average Bonchev–Trinajstić information content (AvgIpc) is 2.78. The molecule has 0 bridgehead atoms. The van der Waals surface area contributed by atoms with Crippen molar-refractivity contribution < 1.29 is 0 Å². The third-order valence-electron chi connectivity index (χ3n) is 2.54. The maximum atomic E-state index is 8.57. The lowest BCUT2D eigenvalue weighted by molar-refractivity contribution is 0.681. The average molecular weight is 212 g/mol. The zero-order chi connectivity index (χ0) is 11.4. The van der Waals surface area contributed by atoms with Crippen LogP contribution in [-0.4, -0.2) is 14.8 Å². The first-order valence-electron chi connectivity index (χ1n) is 5.11. The third-order valence-corrected chi connectivity index (χ3v) is 2.54. The Kier molecular flexibility index (Phi) is 2.97. The van der Waals surface area contributed by atoms with Crippen LogP contribution in [0.3, 0.4) is 0 Å². The van der Waals surface area contributed by atoms with Gasteiger partial charge in [0.1, 0.15) is 6.54 Å². The predicted octanol–water partition coefficient (Wildman–Crippen LogP) is 1.95. The van der Waals surface area contributed by atoms with Gasteiger partial charge in [-0.15, -0.1) is 0 Å². The van der Waals surface area contributed by atoms with E-state index in [1.807, 2.05) is 24.4 Å².